The fourth-order valence-electron chi connectivity index (χ4n) is 2.24. The fourth-order valence-corrected chi connectivity index (χ4v) is 2.24. The number of benzene rings is 2. The lowest BCUT2D eigenvalue weighted by atomic mass is 10.2. The van der Waals surface area contributed by atoms with Crippen molar-refractivity contribution in [2.45, 2.75) is 12.8 Å². The van der Waals surface area contributed by atoms with Gasteiger partial charge < -0.3 is 19.7 Å². The highest BCUT2D eigenvalue weighted by molar-refractivity contribution is 5.90. The molecule has 3 rings (SSSR count). The van der Waals surface area contributed by atoms with Crippen molar-refractivity contribution in [1.29, 1.82) is 0 Å². The molecule has 2 aromatic carbocycles. The van der Waals surface area contributed by atoms with Gasteiger partial charge in [0.15, 0.2) is 0 Å². The maximum atomic E-state index is 11.9. The quantitative estimate of drug-likeness (QED) is 0.716. The molecule has 0 bridgehead atoms. The summed E-state index contributed by atoms with van der Waals surface area (Å²) in [5.74, 6) is 1.49. The van der Waals surface area contributed by atoms with Crippen LogP contribution < -0.4 is 10.1 Å². The minimum atomic E-state index is -0.199. The number of phenols is 1. The summed E-state index contributed by atoms with van der Waals surface area (Å²) in [5.41, 5.74) is 1.34. The number of methoxy groups -OCH3 is 1. The molecule has 2 N–H and O–H groups in total. The molecule has 25 heavy (non-hydrogen) atoms. The molecule has 0 unspecified atom stereocenters. The molecule has 0 saturated carbocycles. The lowest BCUT2D eigenvalue weighted by molar-refractivity contribution is -0.116. The number of aryl methyl sites for hydroxylation is 1. The van der Waals surface area contributed by atoms with Crippen LogP contribution in [0.4, 0.5) is 5.69 Å². The van der Waals surface area contributed by atoms with Gasteiger partial charge in [0.25, 0.3) is 0 Å². The van der Waals surface area contributed by atoms with Crippen LogP contribution in [0.15, 0.2) is 53.1 Å². The number of hydrogen-bond donors (Lipinski definition) is 2. The van der Waals surface area contributed by atoms with Gasteiger partial charge in [-0.15, -0.1) is 0 Å². The lowest BCUT2D eigenvalue weighted by Crippen LogP contribution is -2.12. The Hall–Kier alpha value is -3.35. The van der Waals surface area contributed by atoms with E-state index in [4.69, 9.17) is 9.26 Å². The molecule has 1 aromatic heterocycles. The molecule has 0 aliphatic carbocycles. The third-order valence-corrected chi connectivity index (χ3v) is 3.51. The summed E-state index contributed by atoms with van der Waals surface area (Å²) >= 11 is 0. The Morgan fingerprint density at radius 2 is 2.04 bits per heavy atom. The number of ether oxygens (including phenoxy) is 1. The number of nitrogens with zero attached hydrogens (tertiary/aromatic N) is 2. The van der Waals surface area contributed by atoms with Crippen molar-refractivity contribution in [2.24, 2.45) is 0 Å². The molecule has 0 aliphatic rings. The van der Waals surface area contributed by atoms with E-state index in [0.29, 0.717) is 23.8 Å². The van der Waals surface area contributed by atoms with E-state index in [1.54, 1.807) is 19.2 Å². The minimum Gasteiger partial charge on any atom is -0.508 e. The average molecular weight is 339 g/mol. The van der Waals surface area contributed by atoms with E-state index in [-0.39, 0.29) is 18.1 Å². The highest BCUT2D eigenvalue weighted by Gasteiger charge is 2.11. The topological polar surface area (TPSA) is 97.5 Å². The zero-order valence-electron chi connectivity index (χ0n) is 13.6. The number of rotatable bonds is 6. The van der Waals surface area contributed by atoms with Crippen LogP contribution in [0.5, 0.6) is 11.5 Å². The molecule has 0 spiro atoms. The number of nitrogens with one attached hydrogen (secondary N) is 1. The summed E-state index contributed by atoms with van der Waals surface area (Å²) in [5, 5.41) is 16.0. The van der Waals surface area contributed by atoms with Crippen molar-refractivity contribution in [3.63, 3.8) is 0 Å². The highest BCUT2D eigenvalue weighted by atomic mass is 16.5. The largest absolute Gasteiger partial charge is 0.508 e. The third-order valence-electron chi connectivity index (χ3n) is 3.51. The highest BCUT2D eigenvalue weighted by Crippen LogP contribution is 2.20. The molecular formula is C18H17N3O4. The number of anilines is 1. The second-order valence-electron chi connectivity index (χ2n) is 5.34. The number of carbonyl (C=O) groups excluding carboxylic acids is 1. The Balaban J connectivity index is 1.56. The molecule has 0 aliphatic heterocycles. The van der Waals surface area contributed by atoms with E-state index in [9.17, 15) is 9.90 Å². The summed E-state index contributed by atoms with van der Waals surface area (Å²) in [6.45, 7) is 0. The summed E-state index contributed by atoms with van der Waals surface area (Å²) in [7, 11) is 1.60. The normalized spacial score (nSPS) is 10.4. The lowest BCUT2D eigenvalue weighted by Gasteiger charge is -2.04. The molecule has 1 heterocycles. The van der Waals surface area contributed by atoms with Crippen LogP contribution in [-0.4, -0.2) is 28.3 Å². The Morgan fingerprint density at radius 1 is 1.24 bits per heavy atom. The Morgan fingerprint density at radius 3 is 2.76 bits per heavy atom. The van der Waals surface area contributed by atoms with Gasteiger partial charge in [-0.2, -0.15) is 4.98 Å². The molecule has 0 radical (unpaired) electrons. The summed E-state index contributed by atoms with van der Waals surface area (Å²) in [6, 6.07) is 13.7. The number of hydrogen-bond acceptors (Lipinski definition) is 6. The van der Waals surface area contributed by atoms with E-state index >= 15 is 0 Å². The second kappa shape index (κ2) is 7.48. The van der Waals surface area contributed by atoms with Gasteiger partial charge in [0.1, 0.15) is 11.5 Å². The Labute approximate surface area is 144 Å². The van der Waals surface area contributed by atoms with Crippen LogP contribution >= 0.6 is 0 Å². The van der Waals surface area contributed by atoms with Gasteiger partial charge in [0.05, 0.1) is 7.11 Å². The molecule has 0 saturated heterocycles. The van der Waals surface area contributed by atoms with Gasteiger partial charge in [-0.1, -0.05) is 11.2 Å². The molecule has 7 nitrogen and oxygen atoms in total. The van der Waals surface area contributed by atoms with Gasteiger partial charge in [-0.05, 0) is 36.4 Å². The van der Waals surface area contributed by atoms with Crippen molar-refractivity contribution in [2.75, 3.05) is 12.4 Å². The van der Waals surface area contributed by atoms with Crippen LogP contribution in [0.3, 0.4) is 0 Å². The molecule has 0 fully saturated rings. The maximum Gasteiger partial charge on any atom is 0.227 e. The van der Waals surface area contributed by atoms with E-state index in [0.717, 1.165) is 11.3 Å². The Bertz CT molecular complexity index is 859. The summed E-state index contributed by atoms with van der Waals surface area (Å²) < 4.78 is 10.3. The predicted molar refractivity (Wildman–Crippen MR) is 91.3 cm³/mol. The van der Waals surface area contributed by atoms with Crippen molar-refractivity contribution < 1.29 is 19.2 Å². The number of carbonyl (C=O) groups is 1. The monoisotopic (exact) mass is 339 g/mol. The van der Waals surface area contributed by atoms with Gasteiger partial charge in [0, 0.05) is 30.2 Å². The summed E-state index contributed by atoms with van der Waals surface area (Å²) in [4.78, 5) is 16.2. The molecule has 7 heteroatoms. The van der Waals surface area contributed by atoms with Crippen LogP contribution in [0.25, 0.3) is 11.4 Å². The van der Waals surface area contributed by atoms with Crippen LogP contribution in [0.2, 0.25) is 0 Å². The third kappa shape index (κ3) is 4.35. The number of aromatic hydroxyl groups is 1. The van der Waals surface area contributed by atoms with Crippen LogP contribution in [0.1, 0.15) is 12.3 Å². The van der Waals surface area contributed by atoms with E-state index in [1.807, 2.05) is 24.3 Å². The van der Waals surface area contributed by atoms with Crippen LogP contribution in [-0.2, 0) is 11.2 Å². The number of amides is 1. The maximum absolute atomic E-state index is 11.9. The smallest absolute Gasteiger partial charge is 0.227 e. The van der Waals surface area contributed by atoms with Gasteiger partial charge in [-0.3, -0.25) is 4.79 Å². The SMILES string of the molecule is COc1ccc(-c2noc(CCC(=O)Nc3cccc(O)c3)n2)cc1. The van der Waals surface area contributed by atoms with Crippen LogP contribution in [0, 0.1) is 0 Å². The molecular weight excluding hydrogens is 322 g/mol. The van der Waals surface area contributed by atoms with E-state index in [2.05, 4.69) is 15.5 Å². The number of phenolic OH excluding ortho intramolecular Hbond substituents is 1. The minimum absolute atomic E-state index is 0.0961. The average Bonchev–Trinajstić information content (AvgIpc) is 3.09. The zero-order chi connectivity index (χ0) is 17.6. The van der Waals surface area contributed by atoms with Gasteiger partial charge >= 0.3 is 0 Å². The fraction of sp³-hybridized carbons (Fsp3) is 0.167. The second-order valence-corrected chi connectivity index (χ2v) is 5.34. The van der Waals surface area contributed by atoms with Crippen molar-refractivity contribution in [3.8, 4) is 22.9 Å². The Kier molecular flexibility index (Phi) is 4.94. The van der Waals surface area contributed by atoms with Crippen molar-refractivity contribution in [3.05, 3.63) is 54.4 Å². The summed E-state index contributed by atoms with van der Waals surface area (Å²) in [6.07, 6.45) is 0.522. The first kappa shape index (κ1) is 16.5. The number of aromatic nitrogens is 2. The van der Waals surface area contributed by atoms with Crippen molar-refractivity contribution >= 4 is 11.6 Å². The first-order valence-electron chi connectivity index (χ1n) is 7.70. The first-order valence-corrected chi connectivity index (χ1v) is 7.70. The van der Waals surface area contributed by atoms with Crippen molar-refractivity contribution in [1.82, 2.24) is 10.1 Å². The molecule has 0 atom stereocenters. The predicted octanol–water partition coefficient (Wildman–Crippen LogP) is 3.02. The zero-order valence-corrected chi connectivity index (χ0v) is 13.6. The van der Waals surface area contributed by atoms with Gasteiger partial charge in [0.2, 0.25) is 17.6 Å². The van der Waals surface area contributed by atoms with E-state index in [1.165, 1.54) is 12.1 Å². The first-order chi connectivity index (χ1) is 12.1. The molecule has 1 amide bonds. The molecule has 3 aromatic rings. The molecule has 128 valence electrons. The van der Waals surface area contributed by atoms with E-state index < -0.39 is 0 Å². The standard InChI is InChI=1S/C18H17N3O4/c1-24-15-7-5-12(6-8-15)18-20-17(25-21-18)10-9-16(23)19-13-3-2-4-14(22)11-13/h2-8,11,22H,9-10H2,1H3,(H,19,23). The van der Waals surface area contributed by atoms with Gasteiger partial charge in [-0.25, -0.2) is 0 Å².